The third kappa shape index (κ3) is 4.45. The zero-order chi connectivity index (χ0) is 26.3. The highest BCUT2D eigenvalue weighted by atomic mass is 35.5. The van der Waals surface area contributed by atoms with Crippen molar-refractivity contribution in [2.24, 2.45) is 0 Å². The van der Waals surface area contributed by atoms with E-state index in [-0.39, 0.29) is 18.1 Å². The Bertz CT molecular complexity index is 1560. The summed E-state index contributed by atoms with van der Waals surface area (Å²) in [6, 6.07) is 19.0. The molecule has 2 aliphatic heterocycles. The first-order chi connectivity index (χ1) is 18.4. The second-order valence-electron chi connectivity index (χ2n) is 9.53. The van der Waals surface area contributed by atoms with E-state index in [0.717, 1.165) is 16.6 Å². The number of benzene rings is 2. The van der Waals surface area contributed by atoms with E-state index in [1.165, 1.54) is 0 Å². The van der Waals surface area contributed by atoms with E-state index in [1.807, 2.05) is 30.3 Å². The number of nitrogens with one attached hydrogen (secondary N) is 3. The van der Waals surface area contributed by atoms with E-state index in [2.05, 4.69) is 20.6 Å². The largest absolute Gasteiger partial charge is 0.436 e. The molecule has 2 atom stereocenters. The van der Waals surface area contributed by atoms with E-state index < -0.39 is 23.6 Å². The highest BCUT2D eigenvalue weighted by Gasteiger charge is 2.49. The quantitative estimate of drug-likeness (QED) is 0.357. The Labute approximate surface area is 223 Å². The lowest BCUT2D eigenvalue weighted by molar-refractivity contribution is -0.133. The van der Waals surface area contributed by atoms with Gasteiger partial charge in [0.25, 0.3) is 5.91 Å². The number of likely N-dealkylation sites (tertiary alicyclic amines) is 1. The molecule has 3 N–H and O–H groups in total. The first kappa shape index (κ1) is 24.0. The average molecular weight is 530 g/mol. The summed E-state index contributed by atoms with van der Waals surface area (Å²) >= 11 is 6.25. The SMILES string of the molecule is O=C1Nc2ccc(Cl)cc2C2(CCN(C(=O)[C@H](Cc3ccccc3)NC(=O)c3ccc4[nH]ccc4n3)C2)O1. The lowest BCUT2D eigenvalue weighted by Crippen LogP contribution is -2.50. The molecular formula is C28H24ClN5O4. The molecule has 4 heterocycles. The van der Waals surface area contributed by atoms with Gasteiger partial charge in [-0.05, 0) is 42.0 Å². The summed E-state index contributed by atoms with van der Waals surface area (Å²) in [7, 11) is 0. The molecule has 0 saturated carbocycles. The van der Waals surface area contributed by atoms with Gasteiger partial charge in [0.05, 0.1) is 23.3 Å². The van der Waals surface area contributed by atoms with Gasteiger partial charge in [0.15, 0.2) is 5.60 Å². The Morgan fingerprint density at radius 2 is 1.97 bits per heavy atom. The smallest absolute Gasteiger partial charge is 0.412 e. The minimum Gasteiger partial charge on any atom is -0.436 e. The monoisotopic (exact) mass is 529 g/mol. The number of aromatic amines is 1. The van der Waals surface area contributed by atoms with Gasteiger partial charge in [-0.15, -0.1) is 0 Å². The molecule has 1 unspecified atom stereocenters. The maximum absolute atomic E-state index is 13.9. The van der Waals surface area contributed by atoms with Gasteiger partial charge in [-0.2, -0.15) is 0 Å². The Hall–Kier alpha value is -4.37. The average Bonchev–Trinajstić information content (AvgIpc) is 3.56. The second-order valence-corrected chi connectivity index (χ2v) is 9.97. The highest BCUT2D eigenvalue weighted by molar-refractivity contribution is 6.30. The molecule has 192 valence electrons. The number of nitrogens with zero attached hydrogens (tertiary/aromatic N) is 2. The van der Waals surface area contributed by atoms with E-state index >= 15 is 0 Å². The number of rotatable bonds is 5. The van der Waals surface area contributed by atoms with Crippen LogP contribution >= 0.6 is 11.6 Å². The van der Waals surface area contributed by atoms with Crippen LogP contribution in [0.1, 0.15) is 28.0 Å². The van der Waals surface area contributed by atoms with Gasteiger partial charge < -0.3 is 19.9 Å². The predicted octanol–water partition coefficient (Wildman–Crippen LogP) is 4.25. The van der Waals surface area contributed by atoms with Crippen LogP contribution in [0, 0.1) is 0 Å². The number of carbonyl (C=O) groups excluding carboxylic acids is 3. The van der Waals surface area contributed by atoms with Crippen molar-refractivity contribution in [2.45, 2.75) is 24.5 Å². The number of hydrogen-bond acceptors (Lipinski definition) is 5. The molecule has 0 radical (unpaired) electrons. The predicted molar refractivity (Wildman–Crippen MR) is 142 cm³/mol. The van der Waals surface area contributed by atoms with Gasteiger partial charge in [0.2, 0.25) is 5.91 Å². The van der Waals surface area contributed by atoms with Crippen molar-refractivity contribution in [1.29, 1.82) is 0 Å². The topological polar surface area (TPSA) is 116 Å². The summed E-state index contributed by atoms with van der Waals surface area (Å²) < 4.78 is 5.78. The summed E-state index contributed by atoms with van der Waals surface area (Å²) in [4.78, 5) is 48.6. The minimum atomic E-state index is -1.01. The first-order valence-corrected chi connectivity index (χ1v) is 12.7. The summed E-state index contributed by atoms with van der Waals surface area (Å²) in [6.07, 6.45) is 1.89. The zero-order valence-corrected chi connectivity index (χ0v) is 21.0. The molecule has 2 aromatic carbocycles. The number of aromatic nitrogens is 2. The summed E-state index contributed by atoms with van der Waals surface area (Å²) in [5.74, 6) is -0.707. The third-order valence-corrected chi connectivity index (χ3v) is 7.30. The molecule has 3 amide bonds. The molecule has 10 heteroatoms. The van der Waals surface area contributed by atoms with Crippen molar-refractivity contribution in [3.05, 3.63) is 94.8 Å². The third-order valence-electron chi connectivity index (χ3n) is 7.06. The van der Waals surface area contributed by atoms with E-state index in [0.29, 0.717) is 35.6 Å². The van der Waals surface area contributed by atoms with Crippen molar-refractivity contribution >= 4 is 46.2 Å². The number of hydrogen-bond donors (Lipinski definition) is 3. The van der Waals surface area contributed by atoms with Gasteiger partial charge >= 0.3 is 6.09 Å². The van der Waals surface area contributed by atoms with Gasteiger partial charge in [0.1, 0.15) is 11.7 Å². The minimum absolute atomic E-state index is 0.154. The van der Waals surface area contributed by atoms with Crippen LogP contribution in [-0.4, -0.2) is 51.9 Å². The number of H-pyrrole nitrogens is 1. The maximum Gasteiger partial charge on any atom is 0.412 e. The van der Waals surface area contributed by atoms with E-state index in [1.54, 1.807) is 47.5 Å². The van der Waals surface area contributed by atoms with Crippen LogP contribution in [0.15, 0.2) is 72.9 Å². The molecular weight excluding hydrogens is 506 g/mol. The Morgan fingerprint density at radius 1 is 1.13 bits per heavy atom. The standard InChI is InChI=1S/C28H24ClN5O4/c29-18-6-7-20-19(15-18)28(38-27(37)33-20)11-13-34(16-28)26(36)24(14-17-4-2-1-3-5-17)32-25(35)23-9-8-21-22(31-23)10-12-30-21/h1-10,12,15,24,30H,11,13-14,16H2,(H,32,35)(H,33,37)/t24-,28?/m0/s1. The van der Waals surface area contributed by atoms with Gasteiger partial charge in [-0.3, -0.25) is 14.9 Å². The fourth-order valence-corrected chi connectivity index (χ4v) is 5.38. The number of halogens is 1. The summed E-state index contributed by atoms with van der Waals surface area (Å²) in [5.41, 5.74) is 2.93. The Morgan fingerprint density at radius 3 is 2.82 bits per heavy atom. The normalized spacial score (nSPS) is 19.1. The number of anilines is 1. The number of fused-ring (bicyclic) bond motifs is 3. The van der Waals surface area contributed by atoms with Gasteiger partial charge in [-0.25, -0.2) is 9.78 Å². The molecule has 6 rings (SSSR count). The number of ether oxygens (including phenoxy) is 1. The lowest BCUT2D eigenvalue weighted by atomic mass is 9.90. The Kier molecular flexibility index (Phi) is 6.00. The van der Waals surface area contributed by atoms with Crippen LogP contribution < -0.4 is 10.6 Å². The molecule has 4 aromatic rings. The fourth-order valence-electron chi connectivity index (χ4n) is 5.21. The summed E-state index contributed by atoms with van der Waals surface area (Å²) in [5, 5.41) is 6.11. The Balaban J connectivity index is 1.27. The fraction of sp³-hybridized carbons (Fsp3) is 0.214. The molecule has 2 aromatic heterocycles. The molecule has 0 bridgehead atoms. The molecule has 0 aliphatic carbocycles. The van der Waals surface area contributed by atoms with Crippen molar-refractivity contribution in [2.75, 3.05) is 18.4 Å². The number of pyridine rings is 1. The van der Waals surface area contributed by atoms with E-state index in [9.17, 15) is 14.4 Å². The van der Waals surface area contributed by atoms with Crippen LogP contribution in [0.3, 0.4) is 0 Å². The van der Waals surface area contributed by atoms with Crippen molar-refractivity contribution < 1.29 is 19.1 Å². The maximum atomic E-state index is 13.9. The van der Waals surface area contributed by atoms with Crippen LogP contribution in [0.25, 0.3) is 11.0 Å². The number of carbonyl (C=O) groups is 3. The van der Waals surface area contributed by atoms with Gasteiger partial charge in [0, 0.05) is 36.2 Å². The highest BCUT2D eigenvalue weighted by Crippen LogP contribution is 2.43. The van der Waals surface area contributed by atoms with Crippen molar-refractivity contribution in [1.82, 2.24) is 20.2 Å². The molecule has 9 nitrogen and oxygen atoms in total. The van der Waals surface area contributed by atoms with Crippen LogP contribution in [-0.2, 0) is 21.6 Å². The van der Waals surface area contributed by atoms with Crippen molar-refractivity contribution in [3.8, 4) is 0 Å². The molecule has 38 heavy (non-hydrogen) atoms. The van der Waals surface area contributed by atoms with Crippen molar-refractivity contribution in [3.63, 3.8) is 0 Å². The zero-order valence-electron chi connectivity index (χ0n) is 20.2. The van der Waals surface area contributed by atoms with Crippen LogP contribution in [0.4, 0.5) is 10.5 Å². The van der Waals surface area contributed by atoms with E-state index in [4.69, 9.17) is 16.3 Å². The molecule has 1 fully saturated rings. The van der Waals surface area contributed by atoms with Crippen LogP contribution in [0.2, 0.25) is 5.02 Å². The first-order valence-electron chi connectivity index (χ1n) is 12.3. The lowest BCUT2D eigenvalue weighted by Gasteiger charge is -2.35. The second kappa shape index (κ2) is 9.50. The molecule has 2 aliphatic rings. The molecule has 1 spiro atoms. The van der Waals surface area contributed by atoms with Crippen LogP contribution in [0.5, 0.6) is 0 Å². The number of amides is 3. The van der Waals surface area contributed by atoms with Gasteiger partial charge in [-0.1, -0.05) is 41.9 Å². The molecule has 1 saturated heterocycles. The summed E-state index contributed by atoms with van der Waals surface area (Å²) in [6.45, 7) is 0.508.